The van der Waals surface area contributed by atoms with Crippen molar-refractivity contribution in [1.82, 2.24) is 4.98 Å². The van der Waals surface area contributed by atoms with Crippen LogP contribution in [0.25, 0.3) is 0 Å². The number of nitriles is 1. The number of nitrogens with zero attached hydrogens (tertiary/aromatic N) is 2. The molecule has 0 aliphatic heterocycles. The zero-order valence-corrected chi connectivity index (χ0v) is 11.1. The summed E-state index contributed by atoms with van der Waals surface area (Å²) < 4.78 is 34.5. The summed E-state index contributed by atoms with van der Waals surface area (Å²) in [5, 5.41) is 8.78. The molecule has 1 atom stereocenters. The summed E-state index contributed by atoms with van der Waals surface area (Å²) >= 11 is 0. The maximum atomic E-state index is 12.3. The molecule has 0 aliphatic rings. The monoisotopic (exact) mass is 284 g/mol. The summed E-state index contributed by atoms with van der Waals surface area (Å²) in [6, 6.07) is 3.09. The average Bonchev–Trinajstić information content (AvgIpc) is 2.38. The topological polar surface area (TPSA) is 72.2 Å². The SMILES string of the molecule is CCOC(=O)c1cc(C#N)cnc1OC(C)CC(F)F. The Kier molecular flexibility index (Phi) is 5.84. The van der Waals surface area contributed by atoms with E-state index in [1.807, 2.05) is 6.07 Å². The summed E-state index contributed by atoms with van der Waals surface area (Å²) in [5.74, 6) is -0.827. The Balaban J connectivity index is 3.00. The molecule has 0 radical (unpaired) electrons. The molecule has 20 heavy (non-hydrogen) atoms. The van der Waals surface area contributed by atoms with Gasteiger partial charge in [0, 0.05) is 12.6 Å². The zero-order chi connectivity index (χ0) is 15.1. The normalized spacial score (nSPS) is 11.8. The summed E-state index contributed by atoms with van der Waals surface area (Å²) in [7, 11) is 0. The van der Waals surface area contributed by atoms with Crippen LogP contribution in [0.3, 0.4) is 0 Å². The lowest BCUT2D eigenvalue weighted by atomic mass is 10.2. The summed E-state index contributed by atoms with van der Waals surface area (Å²) in [5.41, 5.74) is 0.105. The van der Waals surface area contributed by atoms with Crippen LogP contribution in [0, 0.1) is 11.3 Å². The third-order valence-electron chi connectivity index (χ3n) is 2.30. The number of carbonyl (C=O) groups excluding carboxylic acids is 1. The number of rotatable bonds is 6. The van der Waals surface area contributed by atoms with Gasteiger partial charge in [-0.05, 0) is 19.9 Å². The molecule has 0 saturated heterocycles. The van der Waals surface area contributed by atoms with E-state index in [2.05, 4.69) is 4.98 Å². The highest BCUT2D eigenvalue weighted by Crippen LogP contribution is 2.20. The maximum Gasteiger partial charge on any atom is 0.343 e. The van der Waals surface area contributed by atoms with Crippen LogP contribution in [-0.4, -0.2) is 30.1 Å². The first-order valence-electron chi connectivity index (χ1n) is 6.00. The lowest BCUT2D eigenvalue weighted by Crippen LogP contribution is -2.19. The molecule has 0 aromatic carbocycles. The van der Waals surface area contributed by atoms with Gasteiger partial charge in [-0.3, -0.25) is 0 Å². The molecule has 108 valence electrons. The molecular formula is C13H14F2N2O3. The lowest BCUT2D eigenvalue weighted by molar-refractivity contribution is 0.0510. The van der Waals surface area contributed by atoms with Crippen molar-refractivity contribution in [2.45, 2.75) is 32.8 Å². The van der Waals surface area contributed by atoms with Gasteiger partial charge in [-0.2, -0.15) is 5.26 Å². The minimum Gasteiger partial charge on any atom is -0.474 e. The molecule has 0 saturated carbocycles. The Morgan fingerprint density at radius 1 is 1.55 bits per heavy atom. The van der Waals surface area contributed by atoms with Crippen LogP contribution in [0.5, 0.6) is 5.88 Å². The Morgan fingerprint density at radius 3 is 2.80 bits per heavy atom. The fraction of sp³-hybridized carbons (Fsp3) is 0.462. The number of carbonyl (C=O) groups is 1. The van der Waals surface area contributed by atoms with Crippen molar-refractivity contribution in [3.63, 3.8) is 0 Å². The molecule has 1 aromatic rings. The molecule has 0 spiro atoms. The van der Waals surface area contributed by atoms with E-state index in [-0.39, 0.29) is 23.6 Å². The van der Waals surface area contributed by atoms with Crippen LogP contribution >= 0.6 is 0 Å². The quantitative estimate of drug-likeness (QED) is 0.751. The predicted molar refractivity (Wildman–Crippen MR) is 65.6 cm³/mol. The average molecular weight is 284 g/mol. The Labute approximate surface area is 115 Å². The Hall–Kier alpha value is -2.23. The van der Waals surface area contributed by atoms with Crippen LogP contribution < -0.4 is 4.74 Å². The fourth-order valence-corrected chi connectivity index (χ4v) is 1.45. The first-order valence-corrected chi connectivity index (χ1v) is 6.00. The predicted octanol–water partition coefficient (Wildman–Crippen LogP) is 2.55. The van der Waals surface area contributed by atoms with E-state index in [4.69, 9.17) is 14.7 Å². The molecule has 1 heterocycles. The molecule has 1 unspecified atom stereocenters. The molecule has 1 rings (SSSR count). The Morgan fingerprint density at radius 2 is 2.25 bits per heavy atom. The van der Waals surface area contributed by atoms with Gasteiger partial charge < -0.3 is 9.47 Å². The van der Waals surface area contributed by atoms with Crippen LogP contribution in [0.15, 0.2) is 12.3 Å². The minimum absolute atomic E-state index is 0.0491. The number of alkyl halides is 2. The van der Waals surface area contributed by atoms with Gasteiger partial charge in [0.15, 0.2) is 0 Å². The maximum absolute atomic E-state index is 12.3. The number of hydrogen-bond donors (Lipinski definition) is 0. The summed E-state index contributed by atoms with van der Waals surface area (Å²) in [6.45, 7) is 3.21. The number of halogens is 2. The van der Waals surface area contributed by atoms with Crippen LogP contribution in [-0.2, 0) is 4.74 Å². The van der Waals surface area contributed by atoms with Crippen LogP contribution in [0.2, 0.25) is 0 Å². The molecule has 5 nitrogen and oxygen atoms in total. The van der Waals surface area contributed by atoms with Crippen LogP contribution in [0.1, 0.15) is 36.2 Å². The van der Waals surface area contributed by atoms with Gasteiger partial charge in [-0.25, -0.2) is 18.6 Å². The Bertz CT molecular complexity index is 515. The van der Waals surface area contributed by atoms with Gasteiger partial charge in [0.05, 0.1) is 12.2 Å². The molecule has 0 fully saturated rings. The second-order valence-electron chi connectivity index (χ2n) is 3.96. The highest BCUT2D eigenvalue weighted by atomic mass is 19.3. The van der Waals surface area contributed by atoms with Crippen molar-refractivity contribution in [2.75, 3.05) is 6.61 Å². The zero-order valence-electron chi connectivity index (χ0n) is 11.1. The van der Waals surface area contributed by atoms with E-state index in [0.29, 0.717) is 0 Å². The molecule has 0 bridgehead atoms. The number of esters is 1. The summed E-state index contributed by atoms with van der Waals surface area (Å²) in [4.78, 5) is 15.5. The molecular weight excluding hydrogens is 270 g/mol. The largest absolute Gasteiger partial charge is 0.474 e. The lowest BCUT2D eigenvalue weighted by Gasteiger charge is -2.15. The van der Waals surface area contributed by atoms with Crippen LogP contribution in [0.4, 0.5) is 8.78 Å². The molecule has 0 aliphatic carbocycles. The number of ether oxygens (including phenoxy) is 2. The van der Waals surface area contributed by atoms with E-state index in [1.165, 1.54) is 19.2 Å². The van der Waals surface area contributed by atoms with Crippen molar-refractivity contribution in [1.29, 1.82) is 5.26 Å². The third kappa shape index (κ3) is 4.46. The number of aromatic nitrogens is 1. The summed E-state index contributed by atoms with van der Waals surface area (Å²) in [6.07, 6.45) is -2.62. The van der Waals surface area contributed by atoms with Gasteiger partial charge in [0.25, 0.3) is 0 Å². The highest BCUT2D eigenvalue weighted by Gasteiger charge is 2.20. The van der Waals surface area contributed by atoms with Crippen molar-refractivity contribution >= 4 is 5.97 Å². The molecule has 0 N–H and O–H groups in total. The first kappa shape index (κ1) is 15.8. The van der Waals surface area contributed by atoms with Crippen molar-refractivity contribution in [3.05, 3.63) is 23.4 Å². The number of pyridine rings is 1. The van der Waals surface area contributed by atoms with Gasteiger partial charge >= 0.3 is 5.97 Å². The van der Waals surface area contributed by atoms with Crippen molar-refractivity contribution < 1.29 is 23.0 Å². The van der Waals surface area contributed by atoms with E-state index in [9.17, 15) is 13.6 Å². The molecule has 0 amide bonds. The second kappa shape index (κ2) is 7.38. The van der Waals surface area contributed by atoms with E-state index >= 15 is 0 Å². The van der Waals surface area contributed by atoms with Crippen molar-refractivity contribution in [2.24, 2.45) is 0 Å². The van der Waals surface area contributed by atoms with Crippen molar-refractivity contribution in [3.8, 4) is 11.9 Å². The fourth-order valence-electron chi connectivity index (χ4n) is 1.45. The third-order valence-corrected chi connectivity index (χ3v) is 2.30. The molecule has 1 aromatic heterocycles. The highest BCUT2D eigenvalue weighted by molar-refractivity contribution is 5.92. The van der Waals surface area contributed by atoms with Gasteiger partial charge in [-0.1, -0.05) is 0 Å². The van der Waals surface area contributed by atoms with E-state index in [1.54, 1.807) is 6.92 Å². The van der Waals surface area contributed by atoms with Gasteiger partial charge in [-0.15, -0.1) is 0 Å². The van der Waals surface area contributed by atoms with Gasteiger partial charge in [0.2, 0.25) is 12.3 Å². The standard InChI is InChI=1S/C13H14F2N2O3/c1-3-19-13(18)10-5-9(6-16)7-17-12(10)20-8(2)4-11(14)15/h5,7-8,11H,3-4H2,1-2H3. The van der Waals surface area contributed by atoms with E-state index in [0.717, 1.165) is 0 Å². The first-order chi connectivity index (χ1) is 9.47. The molecule has 7 heteroatoms. The smallest absolute Gasteiger partial charge is 0.343 e. The second-order valence-corrected chi connectivity index (χ2v) is 3.96. The van der Waals surface area contributed by atoms with E-state index < -0.39 is 24.9 Å². The minimum atomic E-state index is -2.52. The van der Waals surface area contributed by atoms with Gasteiger partial charge in [0.1, 0.15) is 17.7 Å². The number of hydrogen-bond acceptors (Lipinski definition) is 5.